The highest BCUT2D eigenvalue weighted by atomic mass is 31.2. The summed E-state index contributed by atoms with van der Waals surface area (Å²) in [6.07, 6.45) is 6.69. The largest absolute Gasteiger partial charge is 0.427 e. The van der Waals surface area contributed by atoms with Crippen LogP contribution in [0.2, 0.25) is 0 Å². The molecule has 0 amide bonds. The maximum absolute atomic E-state index is 5.82. The topological polar surface area (TPSA) is 67.7 Å². The first-order valence-corrected chi connectivity index (χ1v) is 11.3. The van der Waals surface area contributed by atoms with Crippen LogP contribution in [0.1, 0.15) is 37.8 Å². The molecule has 162 valence electrons. The van der Waals surface area contributed by atoms with Crippen molar-refractivity contribution in [3.05, 3.63) is 65.7 Å². The number of nitrogens with zero attached hydrogens (tertiary/aromatic N) is 3. The Morgan fingerprint density at radius 3 is 2.35 bits per heavy atom. The van der Waals surface area contributed by atoms with E-state index in [-0.39, 0.29) is 0 Å². The predicted molar refractivity (Wildman–Crippen MR) is 124 cm³/mol. The van der Waals surface area contributed by atoms with Gasteiger partial charge in [0.15, 0.2) is 5.84 Å². The molecular formula is C23H27N4O3P. The standard InChI is InChI=1S/C23H27N4O3P/c1-4-7-13-22-24-25-23(20-11-9-8-10-12-20)26-27(22)18-19-14-16-21(17-15-19)30-31(28-5-2)29-6-3/h1,8-12,14-17H,5-7,13,18H2,2-3H3,(H,25,26). The Morgan fingerprint density at radius 2 is 1.71 bits per heavy atom. The van der Waals surface area contributed by atoms with Crippen molar-refractivity contribution in [1.82, 2.24) is 10.4 Å². The first kappa shape index (κ1) is 22.8. The Balaban J connectivity index is 1.69. The molecule has 1 N–H and O–H groups in total. The molecule has 0 fully saturated rings. The van der Waals surface area contributed by atoms with E-state index in [1.165, 1.54) is 0 Å². The number of hydrazine groups is 1. The van der Waals surface area contributed by atoms with E-state index in [1.807, 2.05) is 73.5 Å². The molecule has 0 radical (unpaired) electrons. The third-order valence-electron chi connectivity index (χ3n) is 4.27. The zero-order chi connectivity index (χ0) is 21.9. The number of rotatable bonds is 11. The molecule has 1 heterocycles. The van der Waals surface area contributed by atoms with Gasteiger partial charge in [-0.2, -0.15) is 0 Å². The normalized spacial score (nSPS) is 13.3. The van der Waals surface area contributed by atoms with Crippen molar-refractivity contribution in [1.29, 1.82) is 0 Å². The molecule has 3 rings (SSSR count). The highest BCUT2D eigenvalue weighted by Crippen LogP contribution is 2.40. The van der Waals surface area contributed by atoms with Crippen LogP contribution >= 0.6 is 8.60 Å². The maximum Gasteiger partial charge on any atom is 0.397 e. The first-order valence-electron chi connectivity index (χ1n) is 10.2. The Labute approximate surface area is 185 Å². The van der Waals surface area contributed by atoms with Gasteiger partial charge < -0.3 is 13.6 Å². The molecule has 0 unspecified atom stereocenters. The Kier molecular flexibility index (Phi) is 8.86. The van der Waals surface area contributed by atoms with Crippen LogP contribution < -0.4 is 9.95 Å². The smallest absolute Gasteiger partial charge is 0.397 e. The van der Waals surface area contributed by atoms with Gasteiger partial charge in [0.25, 0.3) is 0 Å². The van der Waals surface area contributed by atoms with E-state index >= 15 is 0 Å². The summed E-state index contributed by atoms with van der Waals surface area (Å²) in [4.78, 5) is 0. The lowest BCUT2D eigenvalue weighted by Crippen LogP contribution is -2.48. The molecule has 2 aromatic rings. The van der Waals surface area contributed by atoms with E-state index in [0.717, 1.165) is 17.0 Å². The third kappa shape index (κ3) is 6.80. The average molecular weight is 438 g/mol. The zero-order valence-electron chi connectivity index (χ0n) is 17.8. The van der Waals surface area contributed by atoms with Gasteiger partial charge in [0.1, 0.15) is 11.6 Å². The number of benzene rings is 2. The molecule has 8 heteroatoms. The van der Waals surface area contributed by atoms with Crippen LogP contribution in [0.3, 0.4) is 0 Å². The molecule has 2 aromatic carbocycles. The molecular weight excluding hydrogens is 411 g/mol. The van der Waals surface area contributed by atoms with Crippen LogP contribution in [0.4, 0.5) is 0 Å². The molecule has 0 aliphatic carbocycles. The Morgan fingerprint density at radius 1 is 1.00 bits per heavy atom. The van der Waals surface area contributed by atoms with Crippen LogP contribution in [-0.2, 0) is 15.6 Å². The van der Waals surface area contributed by atoms with Crippen molar-refractivity contribution < 1.29 is 13.6 Å². The molecule has 0 bridgehead atoms. The molecule has 0 saturated carbocycles. The van der Waals surface area contributed by atoms with Gasteiger partial charge in [-0.25, -0.2) is 0 Å². The fourth-order valence-corrected chi connectivity index (χ4v) is 3.72. The van der Waals surface area contributed by atoms with E-state index in [0.29, 0.717) is 44.2 Å². The summed E-state index contributed by atoms with van der Waals surface area (Å²) in [5.74, 6) is 4.87. The molecule has 1 aliphatic heterocycles. The van der Waals surface area contributed by atoms with Crippen LogP contribution in [0.15, 0.2) is 64.8 Å². The third-order valence-corrected chi connectivity index (χ3v) is 5.57. The second kappa shape index (κ2) is 12.1. The second-order valence-corrected chi connectivity index (χ2v) is 7.67. The van der Waals surface area contributed by atoms with E-state index < -0.39 is 8.60 Å². The minimum absolute atomic E-state index is 0.537. The minimum atomic E-state index is -1.39. The number of hydrogen-bond acceptors (Lipinski definition) is 7. The fraction of sp³-hybridized carbons (Fsp3) is 0.304. The van der Waals surface area contributed by atoms with Crippen molar-refractivity contribution in [2.75, 3.05) is 13.2 Å². The summed E-state index contributed by atoms with van der Waals surface area (Å²) >= 11 is 0. The lowest BCUT2D eigenvalue weighted by molar-refractivity contribution is 0.221. The van der Waals surface area contributed by atoms with Crippen LogP contribution in [0.5, 0.6) is 5.75 Å². The van der Waals surface area contributed by atoms with E-state index in [1.54, 1.807) is 0 Å². The van der Waals surface area contributed by atoms with Crippen molar-refractivity contribution in [3.63, 3.8) is 0 Å². The number of terminal acetylenes is 1. The van der Waals surface area contributed by atoms with Crippen LogP contribution in [0.25, 0.3) is 0 Å². The van der Waals surface area contributed by atoms with Gasteiger partial charge in [0.05, 0.1) is 19.8 Å². The van der Waals surface area contributed by atoms with Gasteiger partial charge in [0.2, 0.25) is 0 Å². The monoisotopic (exact) mass is 438 g/mol. The summed E-state index contributed by atoms with van der Waals surface area (Å²) in [5, 5.41) is 10.7. The number of nitrogens with one attached hydrogen (secondary N) is 1. The lowest BCUT2D eigenvalue weighted by atomic mass is 10.2. The van der Waals surface area contributed by atoms with Crippen molar-refractivity contribution >= 4 is 20.3 Å². The Hall–Kier alpha value is -2.91. The van der Waals surface area contributed by atoms with Crippen molar-refractivity contribution in [3.8, 4) is 18.1 Å². The van der Waals surface area contributed by atoms with E-state index in [2.05, 4.69) is 21.5 Å². The molecule has 31 heavy (non-hydrogen) atoms. The van der Waals surface area contributed by atoms with Crippen molar-refractivity contribution in [2.24, 2.45) is 10.2 Å². The van der Waals surface area contributed by atoms with Crippen LogP contribution in [0, 0.1) is 12.3 Å². The summed E-state index contributed by atoms with van der Waals surface area (Å²) in [6.45, 7) is 5.50. The maximum atomic E-state index is 5.82. The highest BCUT2D eigenvalue weighted by molar-refractivity contribution is 7.42. The molecule has 0 aromatic heterocycles. The molecule has 7 nitrogen and oxygen atoms in total. The van der Waals surface area contributed by atoms with E-state index in [9.17, 15) is 0 Å². The van der Waals surface area contributed by atoms with E-state index in [4.69, 9.17) is 20.0 Å². The van der Waals surface area contributed by atoms with Gasteiger partial charge >= 0.3 is 8.60 Å². The van der Waals surface area contributed by atoms with Gasteiger partial charge in [-0.1, -0.05) is 42.5 Å². The zero-order valence-corrected chi connectivity index (χ0v) is 18.7. The van der Waals surface area contributed by atoms with Crippen LogP contribution in [-0.4, -0.2) is 29.9 Å². The predicted octanol–water partition coefficient (Wildman–Crippen LogP) is 4.86. The van der Waals surface area contributed by atoms with Crippen molar-refractivity contribution in [2.45, 2.75) is 33.2 Å². The Bertz CT molecular complexity index is 920. The molecule has 1 aliphatic rings. The minimum Gasteiger partial charge on any atom is -0.427 e. The highest BCUT2D eigenvalue weighted by Gasteiger charge is 2.19. The van der Waals surface area contributed by atoms with Gasteiger partial charge in [0, 0.05) is 18.4 Å². The quantitative estimate of drug-likeness (QED) is 0.401. The SMILES string of the molecule is C#CCCC1=NN=C(c2ccccc2)NN1Cc1ccc(OP(OCC)OCC)cc1. The summed E-state index contributed by atoms with van der Waals surface area (Å²) in [7, 11) is -1.39. The fourth-order valence-electron chi connectivity index (χ4n) is 2.82. The average Bonchev–Trinajstić information content (AvgIpc) is 2.80. The van der Waals surface area contributed by atoms with Gasteiger partial charge in [-0.15, -0.1) is 22.5 Å². The first-order chi connectivity index (χ1) is 15.2. The molecule has 0 atom stereocenters. The lowest BCUT2D eigenvalue weighted by Gasteiger charge is -2.30. The number of hydrogen-bond donors (Lipinski definition) is 1. The summed E-state index contributed by atoms with van der Waals surface area (Å²) in [6, 6.07) is 17.7. The molecule has 0 spiro atoms. The molecule has 0 saturated heterocycles. The second-order valence-electron chi connectivity index (χ2n) is 6.53. The van der Waals surface area contributed by atoms with Gasteiger partial charge in [-0.05, 0) is 31.5 Å². The van der Waals surface area contributed by atoms with Gasteiger partial charge in [-0.3, -0.25) is 10.4 Å². The summed E-state index contributed by atoms with van der Waals surface area (Å²) in [5.41, 5.74) is 5.43. The number of amidine groups is 2. The summed E-state index contributed by atoms with van der Waals surface area (Å²) < 4.78 is 16.8.